The van der Waals surface area contributed by atoms with Crippen molar-refractivity contribution < 1.29 is 23.2 Å². The van der Waals surface area contributed by atoms with Gasteiger partial charge in [0.2, 0.25) is 21.8 Å². The molecule has 0 spiro atoms. The molecule has 0 saturated carbocycles. The van der Waals surface area contributed by atoms with Crippen molar-refractivity contribution in [2.75, 3.05) is 12.8 Å². The number of aromatic nitrogens is 1. The summed E-state index contributed by atoms with van der Waals surface area (Å²) in [5, 5.41) is 10.4. The number of carbonyl (C=O) groups excluding carboxylic acids is 2. The van der Waals surface area contributed by atoms with E-state index < -0.39 is 33.7 Å². The number of hydrogen-bond donors (Lipinski definition) is 4. The first-order valence-electron chi connectivity index (χ1n) is 12.6. The Balaban J connectivity index is 1.80. The van der Waals surface area contributed by atoms with Crippen molar-refractivity contribution in [2.45, 2.75) is 33.1 Å². The van der Waals surface area contributed by atoms with Gasteiger partial charge in [-0.15, -0.1) is 4.41 Å². The zero-order valence-corrected chi connectivity index (χ0v) is 22.7. The van der Waals surface area contributed by atoms with E-state index in [-0.39, 0.29) is 18.9 Å². The third kappa shape index (κ3) is 8.01. The Morgan fingerprint density at radius 1 is 1.03 bits per heavy atom. The first-order chi connectivity index (χ1) is 18.1. The average Bonchev–Trinajstić information content (AvgIpc) is 3.30. The van der Waals surface area contributed by atoms with Crippen molar-refractivity contribution in [3.05, 3.63) is 78.0 Å². The molecule has 2 amide bonds. The molecule has 0 aliphatic rings. The number of nitrogens with zero attached hydrogens (tertiary/aromatic N) is 1. The van der Waals surface area contributed by atoms with E-state index in [9.17, 15) is 23.2 Å². The first-order valence-corrected chi connectivity index (χ1v) is 14.4. The van der Waals surface area contributed by atoms with Gasteiger partial charge >= 0.3 is 0 Å². The van der Waals surface area contributed by atoms with Gasteiger partial charge in [0, 0.05) is 23.6 Å². The molecule has 0 saturated heterocycles. The molecule has 9 nitrogen and oxygen atoms in total. The Kier molecular flexibility index (Phi) is 10.2. The minimum Gasteiger partial charge on any atom is -0.361 e. The van der Waals surface area contributed by atoms with Gasteiger partial charge in [0.25, 0.3) is 0 Å². The molecule has 0 aliphatic carbocycles. The fourth-order valence-electron chi connectivity index (χ4n) is 4.48. The van der Waals surface area contributed by atoms with Gasteiger partial charge in [-0.3, -0.25) is 20.2 Å². The van der Waals surface area contributed by atoms with Crippen molar-refractivity contribution in [3.8, 4) is 0 Å². The number of allylic oxidation sites excluding steroid dienone is 1. The van der Waals surface area contributed by atoms with Gasteiger partial charge in [-0.05, 0) is 42.4 Å². The molecular weight excluding hydrogens is 504 g/mol. The average molecular weight is 541 g/mol. The van der Waals surface area contributed by atoms with E-state index in [1.807, 2.05) is 80.7 Å². The molecular formula is C28H36N4O5S. The largest absolute Gasteiger partial charge is 0.361 e. The summed E-state index contributed by atoms with van der Waals surface area (Å²) in [5.41, 5.74) is 7.02. The van der Waals surface area contributed by atoms with Crippen molar-refractivity contribution in [3.63, 3.8) is 0 Å². The van der Waals surface area contributed by atoms with E-state index in [0.29, 0.717) is 12.8 Å². The fraction of sp³-hybridized carbons (Fsp3) is 0.357. The van der Waals surface area contributed by atoms with Crippen molar-refractivity contribution in [2.24, 2.45) is 17.8 Å². The molecule has 10 heteroatoms. The van der Waals surface area contributed by atoms with Gasteiger partial charge in [-0.2, -0.15) is 0 Å². The Hall–Kier alpha value is -3.47. The van der Waals surface area contributed by atoms with Crippen LogP contribution in [-0.2, 0) is 26.0 Å². The number of carbonyl (C=O) groups is 2. The highest BCUT2D eigenvalue weighted by Crippen LogP contribution is 2.26. The summed E-state index contributed by atoms with van der Waals surface area (Å²) in [4.78, 5) is 29.3. The second kappa shape index (κ2) is 13.4. The summed E-state index contributed by atoms with van der Waals surface area (Å²) in [5.74, 6) is -3.04. The minimum absolute atomic E-state index is 0.0194. The number of fused-ring (bicyclic) bond motifs is 1. The molecule has 2 atom stereocenters. The van der Waals surface area contributed by atoms with Gasteiger partial charge in [0.1, 0.15) is 0 Å². The summed E-state index contributed by atoms with van der Waals surface area (Å²) in [6, 6.07) is 17.2. The van der Waals surface area contributed by atoms with Crippen LogP contribution in [0.15, 0.2) is 66.9 Å². The second-order valence-electron chi connectivity index (χ2n) is 9.79. The summed E-state index contributed by atoms with van der Waals surface area (Å²) < 4.78 is 26.1. The van der Waals surface area contributed by atoms with Crippen LogP contribution in [0, 0.1) is 17.8 Å². The Labute approximate surface area is 223 Å². The van der Waals surface area contributed by atoms with Crippen LogP contribution in [0.2, 0.25) is 0 Å². The molecule has 4 N–H and O–H groups in total. The topological polar surface area (TPSA) is 132 Å². The van der Waals surface area contributed by atoms with Gasteiger partial charge in [0.05, 0.1) is 18.1 Å². The molecule has 1 aromatic heterocycles. The van der Waals surface area contributed by atoms with E-state index in [4.69, 9.17) is 0 Å². The summed E-state index contributed by atoms with van der Waals surface area (Å²) in [6.07, 6.45) is 7.35. The molecule has 1 heterocycles. The lowest BCUT2D eigenvalue weighted by Crippen LogP contribution is -2.51. The lowest BCUT2D eigenvalue weighted by Gasteiger charge is -2.28. The third-order valence-electron chi connectivity index (χ3n) is 6.39. The number of aromatic amines is 1. The first kappa shape index (κ1) is 29.1. The molecule has 3 rings (SSSR count). The van der Waals surface area contributed by atoms with Gasteiger partial charge in [0.15, 0.2) is 0 Å². The molecule has 0 bridgehead atoms. The summed E-state index contributed by atoms with van der Waals surface area (Å²) in [7, 11) is -3.81. The van der Waals surface area contributed by atoms with E-state index in [1.54, 1.807) is 11.6 Å². The molecule has 0 unspecified atom stereocenters. The SMILES string of the molecule is CC(C)C[C@@H](C(=O)NN(CCc1c[nH]c2ccccc12)S(C)(=O)=O)[C@H](CC=Cc1ccccc1)C(=O)NO. The Morgan fingerprint density at radius 3 is 2.37 bits per heavy atom. The minimum atomic E-state index is -3.81. The molecule has 204 valence electrons. The van der Waals surface area contributed by atoms with Gasteiger partial charge in [-0.1, -0.05) is 74.5 Å². The molecule has 3 aromatic rings. The number of sulfonamides is 1. The fourth-order valence-corrected chi connectivity index (χ4v) is 5.16. The smallest absolute Gasteiger partial charge is 0.247 e. The predicted molar refractivity (Wildman–Crippen MR) is 148 cm³/mol. The van der Waals surface area contributed by atoms with Crippen LogP contribution in [0.25, 0.3) is 17.0 Å². The third-order valence-corrected chi connectivity index (χ3v) is 7.46. The summed E-state index contributed by atoms with van der Waals surface area (Å²) >= 11 is 0. The zero-order valence-electron chi connectivity index (χ0n) is 21.9. The standard InChI is InChI=1S/C28H36N4O5S/c1-20(2)18-25(24(28(34)31-35)14-9-12-21-10-5-4-6-11-21)27(33)30-32(38(3,36)37)17-16-22-19-29-26-15-8-7-13-23(22)26/h4-13,15,19-20,24-25,29,35H,14,16-18H2,1-3H3,(H,30,33)(H,31,34)/t24-,25+/m0/s1. The van der Waals surface area contributed by atoms with Crippen molar-refractivity contribution in [1.82, 2.24) is 20.3 Å². The van der Waals surface area contributed by atoms with Gasteiger partial charge in [-0.25, -0.2) is 13.9 Å². The highest BCUT2D eigenvalue weighted by atomic mass is 32.2. The number of amides is 2. The maximum Gasteiger partial charge on any atom is 0.247 e. The predicted octanol–water partition coefficient (Wildman–Crippen LogP) is 3.89. The quantitative estimate of drug-likeness (QED) is 0.193. The number of hydroxylamine groups is 1. The monoisotopic (exact) mass is 540 g/mol. The number of hydrogen-bond acceptors (Lipinski definition) is 5. The van der Waals surface area contributed by atoms with E-state index in [2.05, 4.69) is 10.4 Å². The lowest BCUT2D eigenvalue weighted by molar-refractivity contribution is -0.141. The Morgan fingerprint density at radius 2 is 1.71 bits per heavy atom. The van der Waals surface area contributed by atoms with Crippen LogP contribution in [0.3, 0.4) is 0 Å². The van der Waals surface area contributed by atoms with Crippen LogP contribution >= 0.6 is 0 Å². The highest BCUT2D eigenvalue weighted by molar-refractivity contribution is 7.88. The molecule has 2 aromatic carbocycles. The van der Waals surface area contributed by atoms with Crippen LogP contribution < -0.4 is 10.9 Å². The van der Waals surface area contributed by atoms with Crippen LogP contribution in [-0.4, -0.2) is 47.6 Å². The molecule has 0 radical (unpaired) electrons. The molecule has 0 fully saturated rings. The number of nitrogens with one attached hydrogen (secondary N) is 3. The van der Waals surface area contributed by atoms with Crippen LogP contribution in [0.5, 0.6) is 0 Å². The highest BCUT2D eigenvalue weighted by Gasteiger charge is 2.35. The van der Waals surface area contributed by atoms with Crippen LogP contribution in [0.4, 0.5) is 0 Å². The Bertz CT molecular complexity index is 1350. The maximum atomic E-state index is 13.5. The number of hydrazine groups is 1. The van der Waals surface area contributed by atoms with E-state index in [0.717, 1.165) is 32.7 Å². The van der Waals surface area contributed by atoms with E-state index in [1.165, 1.54) is 0 Å². The normalized spacial score (nSPS) is 13.7. The number of benzene rings is 2. The summed E-state index contributed by atoms with van der Waals surface area (Å²) in [6.45, 7) is 3.85. The van der Waals surface area contributed by atoms with Crippen LogP contribution in [0.1, 0.15) is 37.8 Å². The lowest BCUT2D eigenvalue weighted by atomic mass is 9.82. The zero-order chi connectivity index (χ0) is 27.7. The molecule has 0 aliphatic heterocycles. The maximum absolute atomic E-state index is 13.5. The van der Waals surface area contributed by atoms with Gasteiger partial charge < -0.3 is 4.98 Å². The number of para-hydroxylation sites is 1. The van der Waals surface area contributed by atoms with Crippen molar-refractivity contribution in [1.29, 1.82) is 0 Å². The van der Waals surface area contributed by atoms with Crippen molar-refractivity contribution >= 4 is 38.8 Å². The second-order valence-corrected chi connectivity index (χ2v) is 11.7. The van der Waals surface area contributed by atoms with E-state index >= 15 is 0 Å². The number of H-pyrrole nitrogens is 1. The molecule has 38 heavy (non-hydrogen) atoms. The number of rotatable bonds is 13.